The zero-order valence-corrected chi connectivity index (χ0v) is 15.2. The second-order valence-electron chi connectivity index (χ2n) is 5.64. The molecular weight excluding hydrogens is 364 g/mol. The van der Waals surface area contributed by atoms with E-state index in [-0.39, 0.29) is 21.2 Å². The molecule has 1 amide bonds. The van der Waals surface area contributed by atoms with Crippen molar-refractivity contribution in [3.05, 3.63) is 40.1 Å². The Labute approximate surface area is 149 Å². The lowest BCUT2D eigenvalue weighted by atomic mass is 10.2. The van der Waals surface area contributed by atoms with Crippen molar-refractivity contribution in [2.75, 3.05) is 31.6 Å². The van der Waals surface area contributed by atoms with Gasteiger partial charge in [-0.05, 0) is 30.7 Å². The lowest BCUT2D eigenvalue weighted by Crippen LogP contribution is -2.40. The normalized spacial score (nSPS) is 15.9. The van der Waals surface area contributed by atoms with Gasteiger partial charge in [-0.1, -0.05) is 6.07 Å². The van der Waals surface area contributed by atoms with Crippen LogP contribution in [-0.4, -0.2) is 50.0 Å². The van der Waals surface area contributed by atoms with Crippen LogP contribution in [0.25, 0.3) is 0 Å². The fourth-order valence-corrected chi connectivity index (χ4v) is 5.01. The molecule has 2 aromatic rings. The standard InChI is InChI=1S/C16H18N2O5S2/c1-11-2-3-14(19)13(8-11)17-16(20)15-9-12(10-24-15)25(21,22)18-4-6-23-7-5-18/h2-3,8-10,19H,4-7H2,1H3,(H,17,20). The zero-order chi connectivity index (χ0) is 18.0. The van der Waals surface area contributed by atoms with Gasteiger partial charge in [0.1, 0.15) is 5.75 Å². The summed E-state index contributed by atoms with van der Waals surface area (Å²) in [6.45, 7) is 3.17. The number of carbonyl (C=O) groups is 1. The van der Waals surface area contributed by atoms with E-state index in [1.165, 1.54) is 21.8 Å². The topological polar surface area (TPSA) is 95.9 Å². The summed E-state index contributed by atoms with van der Waals surface area (Å²) in [7, 11) is -3.63. The fourth-order valence-electron chi connectivity index (χ4n) is 2.44. The Balaban J connectivity index is 1.78. The summed E-state index contributed by atoms with van der Waals surface area (Å²) in [6, 6.07) is 6.22. The van der Waals surface area contributed by atoms with E-state index in [9.17, 15) is 18.3 Å². The molecule has 1 aliphatic heterocycles. The number of benzene rings is 1. The average Bonchev–Trinajstić information content (AvgIpc) is 3.10. The van der Waals surface area contributed by atoms with Crippen LogP contribution in [0.4, 0.5) is 5.69 Å². The smallest absolute Gasteiger partial charge is 0.265 e. The van der Waals surface area contributed by atoms with Gasteiger partial charge in [0.15, 0.2) is 0 Å². The summed E-state index contributed by atoms with van der Waals surface area (Å²) < 4.78 is 31.7. The largest absolute Gasteiger partial charge is 0.506 e. The monoisotopic (exact) mass is 382 g/mol. The molecule has 3 rings (SSSR count). The summed E-state index contributed by atoms with van der Waals surface area (Å²) in [5.74, 6) is -0.508. The predicted molar refractivity (Wildman–Crippen MR) is 94.7 cm³/mol. The van der Waals surface area contributed by atoms with Crippen LogP contribution >= 0.6 is 11.3 Å². The van der Waals surface area contributed by atoms with Gasteiger partial charge < -0.3 is 15.2 Å². The molecule has 0 atom stereocenters. The highest BCUT2D eigenvalue weighted by atomic mass is 32.2. The number of sulfonamides is 1. The molecular formula is C16H18N2O5S2. The van der Waals surface area contributed by atoms with Gasteiger partial charge in [-0.3, -0.25) is 4.79 Å². The van der Waals surface area contributed by atoms with Gasteiger partial charge >= 0.3 is 0 Å². The minimum atomic E-state index is -3.63. The van der Waals surface area contributed by atoms with Crippen LogP contribution in [0.15, 0.2) is 34.5 Å². The van der Waals surface area contributed by atoms with Crippen molar-refractivity contribution >= 4 is 33.0 Å². The molecule has 2 heterocycles. The third kappa shape index (κ3) is 3.84. The summed E-state index contributed by atoms with van der Waals surface area (Å²) >= 11 is 1.05. The van der Waals surface area contributed by atoms with Crippen LogP contribution in [0, 0.1) is 6.92 Å². The van der Waals surface area contributed by atoms with Crippen LogP contribution in [0.1, 0.15) is 15.2 Å². The number of morpholine rings is 1. The van der Waals surface area contributed by atoms with Gasteiger partial charge in [0, 0.05) is 18.5 Å². The molecule has 0 aliphatic carbocycles. The van der Waals surface area contributed by atoms with E-state index in [1.54, 1.807) is 12.1 Å². The Hall–Kier alpha value is -1.94. The average molecular weight is 382 g/mol. The quantitative estimate of drug-likeness (QED) is 0.789. The van der Waals surface area contributed by atoms with Crippen molar-refractivity contribution < 1.29 is 23.1 Å². The fraction of sp³-hybridized carbons (Fsp3) is 0.312. The van der Waals surface area contributed by atoms with E-state index in [0.717, 1.165) is 16.9 Å². The van der Waals surface area contributed by atoms with Gasteiger partial charge in [-0.2, -0.15) is 4.31 Å². The highest BCUT2D eigenvalue weighted by Crippen LogP contribution is 2.27. The van der Waals surface area contributed by atoms with Crippen molar-refractivity contribution in [2.24, 2.45) is 0 Å². The first-order valence-corrected chi connectivity index (χ1v) is 9.97. The molecule has 2 N–H and O–H groups in total. The summed E-state index contributed by atoms with van der Waals surface area (Å²) in [5, 5.41) is 13.9. The SMILES string of the molecule is Cc1ccc(O)c(NC(=O)c2cc(S(=O)(=O)N3CCOCC3)cs2)c1. The van der Waals surface area contributed by atoms with Crippen LogP contribution in [0.2, 0.25) is 0 Å². The van der Waals surface area contributed by atoms with Crippen molar-refractivity contribution in [2.45, 2.75) is 11.8 Å². The van der Waals surface area contributed by atoms with Gasteiger partial charge in [0.05, 0.1) is 28.7 Å². The Kier molecular flexibility index (Phi) is 5.09. The number of hydrogen-bond donors (Lipinski definition) is 2. The molecule has 0 unspecified atom stereocenters. The Morgan fingerprint density at radius 2 is 2.00 bits per heavy atom. The molecule has 0 saturated carbocycles. The number of aryl methyl sites for hydroxylation is 1. The van der Waals surface area contributed by atoms with Crippen LogP contribution in [0.5, 0.6) is 5.75 Å². The number of nitrogens with one attached hydrogen (secondary N) is 1. The van der Waals surface area contributed by atoms with E-state index in [1.807, 2.05) is 6.92 Å². The first-order chi connectivity index (χ1) is 11.9. The lowest BCUT2D eigenvalue weighted by Gasteiger charge is -2.25. The highest BCUT2D eigenvalue weighted by Gasteiger charge is 2.28. The number of nitrogens with zero attached hydrogens (tertiary/aromatic N) is 1. The third-order valence-corrected chi connectivity index (χ3v) is 6.76. The maximum Gasteiger partial charge on any atom is 0.265 e. The number of phenols is 1. The summed E-state index contributed by atoms with van der Waals surface area (Å²) in [4.78, 5) is 12.7. The maximum atomic E-state index is 12.6. The molecule has 134 valence electrons. The van der Waals surface area contributed by atoms with Crippen LogP contribution in [-0.2, 0) is 14.8 Å². The number of ether oxygens (including phenoxy) is 1. The number of rotatable bonds is 4. The van der Waals surface area contributed by atoms with E-state index in [2.05, 4.69) is 5.32 Å². The molecule has 0 radical (unpaired) electrons. The number of carbonyl (C=O) groups excluding carboxylic acids is 1. The second-order valence-corrected chi connectivity index (χ2v) is 8.49. The molecule has 1 aromatic carbocycles. The third-order valence-electron chi connectivity index (χ3n) is 3.81. The molecule has 7 nitrogen and oxygen atoms in total. The predicted octanol–water partition coefficient (Wildman–Crippen LogP) is 2.04. The van der Waals surface area contributed by atoms with E-state index in [0.29, 0.717) is 26.3 Å². The van der Waals surface area contributed by atoms with Gasteiger partial charge in [-0.15, -0.1) is 11.3 Å². The maximum absolute atomic E-state index is 12.6. The molecule has 1 fully saturated rings. The summed E-state index contributed by atoms with van der Waals surface area (Å²) in [6.07, 6.45) is 0. The molecule has 9 heteroatoms. The van der Waals surface area contributed by atoms with E-state index >= 15 is 0 Å². The van der Waals surface area contributed by atoms with Gasteiger partial charge in [0.2, 0.25) is 10.0 Å². The van der Waals surface area contributed by atoms with Crippen molar-refractivity contribution in [1.29, 1.82) is 0 Å². The van der Waals surface area contributed by atoms with Crippen molar-refractivity contribution in [3.63, 3.8) is 0 Å². The molecule has 1 saturated heterocycles. The highest BCUT2D eigenvalue weighted by molar-refractivity contribution is 7.89. The molecule has 0 spiro atoms. The molecule has 25 heavy (non-hydrogen) atoms. The Morgan fingerprint density at radius 1 is 1.28 bits per heavy atom. The van der Waals surface area contributed by atoms with Gasteiger partial charge in [-0.25, -0.2) is 8.42 Å². The van der Waals surface area contributed by atoms with Crippen LogP contribution < -0.4 is 5.32 Å². The zero-order valence-electron chi connectivity index (χ0n) is 13.6. The van der Waals surface area contributed by atoms with E-state index in [4.69, 9.17) is 4.74 Å². The second kappa shape index (κ2) is 7.12. The lowest BCUT2D eigenvalue weighted by molar-refractivity contribution is 0.0730. The Morgan fingerprint density at radius 3 is 2.72 bits per heavy atom. The number of amides is 1. The minimum absolute atomic E-state index is 0.0448. The number of phenolic OH excluding ortho intramolecular Hbond substituents is 1. The Bertz CT molecular complexity index is 886. The molecule has 1 aromatic heterocycles. The number of aromatic hydroxyl groups is 1. The first kappa shape index (κ1) is 17.9. The minimum Gasteiger partial charge on any atom is -0.506 e. The summed E-state index contributed by atoms with van der Waals surface area (Å²) in [5.41, 5.74) is 1.17. The molecule has 1 aliphatic rings. The first-order valence-electron chi connectivity index (χ1n) is 7.65. The number of thiophene rings is 1. The van der Waals surface area contributed by atoms with Crippen molar-refractivity contribution in [3.8, 4) is 5.75 Å². The number of anilines is 1. The van der Waals surface area contributed by atoms with Crippen LogP contribution in [0.3, 0.4) is 0 Å². The van der Waals surface area contributed by atoms with Gasteiger partial charge in [0.25, 0.3) is 5.91 Å². The van der Waals surface area contributed by atoms with E-state index < -0.39 is 15.9 Å². The number of hydrogen-bond acceptors (Lipinski definition) is 6. The molecule has 0 bridgehead atoms. The van der Waals surface area contributed by atoms with Crippen molar-refractivity contribution in [1.82, 2.24) is 4.31 Å².